The molecule has 0 aliphatic heterocycles. The van der Waals surface area contributed by atoms with E-state index in [0.29, 0.717) is 0 Å². The number of pyridine rings is 2. The number of benzene rings is 11. The van der Waals surface area contributed by atoms with Crippen molar-refractivity contribution < 1.29 is 0 Å². The fourth-order valence-corrected chi connectivity index (χ4v) is 11.6. The first-order valence-electron chi connectivity index (χ1n) is 27.0. The molecule has 0 spiro atoms. The van der Waals surface area contributed by atoms with Gasteiger partial charge in [-0.05, 0) is 128 Å². The smallest absolute Gasteiger partial charge is 0.145 e. The zero-order chi connectivity index (χ0) is 52.9. The third-order valence-electron chi connectivity index (χ3n) is 15.4. The summed E-state index contributed by atoms with van der Waals surface area (Å²) in [5.41, 5.74) is 21.0. The van der Waals surface area contributed by atoms with Gasteiger partial charge in [0, 0.05) is 57.1 Å². The van der Waals surface area contributed by atoms with Crippen molar-refractivity contribution in [2.75, 3.05) is 0 Å². The maximum absolute atomic E-state index is 5.21. The van der Waals surface area contributed by atoms with Crippen molar-refractivity contribution in [1.29, 1.82) is 0 Å². The minimum atomic E-state index is 0.890. The number of nitrogens with zero attached hydrogens (tertiary/aromatic N) is 6. The Morgan fingerprint density at radius 1 is 0.237 bits per heavy atom. The number of rotatable bonds is 10. The van der Waals surface area contributed by atoms with E-state index in [1.54, 1.807) is 0 Å². The van der Waals surface area contributed by atoms with Gasteiger partial charge in [-0.15, -0.1) is 0 Å². The van der Waals surface area contributed by atoms with Crippen molar-refractivity contribution in [2.24, 2.45) is 0 Å². The summed E-state index contributed by atoms with van der Waals surface area (Å²) in [7, 11) is 0. The molecule has 0 amide bonds. The number of fused-ring (bicyclic) bond motifs is 4. The molecule has 11 aromatic carbocycles. The highest BCUT2D eigenvalue weighted by Gasteiger charge is 2.21. The Morgan fingerprint density at radius 3 is 0.938 bits per heavy atom. The van der Waals surface area contributed by atoms with Crippen LogP contribution in [0.25, 0.3) is 145 Å². The van der Waals surface area contributed by atoms with E-state index < -0.39 is 0 Å². The van der Waals surface area contributed by atoms with Crippen molar-refractivity contribution in [3.63, 3.8) is 0 Å². The first-order chi connectivity index (χ1) is 39.7. The molecular weight excluding hydrogens is 973 g/mol. The maximum atomic E-state index is 5.21. The molecule has 0 saturated carbocycles. The molecule has 15 rings (SSSR count). The minimum absolute atomic E-state index is 0.890. The van der Waals surface area contributed by atoms with Crippen LogP contribution in [-0.4, -0.2) is 29.1 Å². The molecule has 0 aliphatic rings. The molecule has 0 unspecified atom stereocenters. The summed E-state index contributed by atoms with van der Waals surface area (Å²) in [5.74, 6) is 1.81. The van der Waals surface area contributed by atoms with Gasteiger partial charge >= 0.3 is 0 Å². The predicted molar refractivity (Wildman–Crippen MR) is 330 cm³/mol. The van der Waals surface area contributed by atoms with Crippen LogP contribution in [0.5, 0.6) is 0 Å². The molecule has 0 N–H and O–H groups in total. The maximum Gasteiger partial charge on any atom is 0.145 e. The zero-order valence-corrected chi connectivity index (χ0v) is 43.4. The van der Waals surface area contributed by atoms with Gasteiger partial charge in [-0.2, -0.15) is 0 Å². The topological polar surface area (TPSA) is 61.4 Å². The summed E-state index contributed by atoms with van der Waals surface area (Å²) in [5, 5.41) is 4.72. The predicted octanol–water partition coefficient (Wildman–Crippen LogP) is 18.8. The summed E-state index contributed by atoms with van der Waals surface area (Å²) >= 11 is 0. The van der Waals surface area contributed by atoms with E-state index in [1.807, 2.05) is 36.7 Å². The van der Waals surface area contributed by atoms with Crippen molar-refractivity contribution in [2.45, 2.75) is 0 Å². The highest BCUT2D eigenvalue weighted by atomic mass is 15.1. The molecule has 0 saturated heterocycles. The summed E-state index contributed by atoms with van der Waals surface area (Å²) in [6, 6.07) is 98.7. The van der Waals surface area contributed by atoms with Crippen LogP contribution in [0, 0.1) is 0 Å². The lowest BCUT2D eigenvalue weighted by Crippen LogP contribution is -1.97. The van der Waals surface area contributed by atoms with Gasteiger partial charge in [-0.25, -0.2) is 9.97 Å². The van der Waals surface area contributed by atoms with Crippen LogP contribution in [0.2, 0.25) is 0 Å². The molecule has 4 heterocycles. The summed E-state index contributed by atoms with van der Waals surface area (Å²) in [4.78, 5) is 20.6. The summed E-state index contributed by atoms with van der Waals surface area (Å²) in [6.07, 6.45) is 4.01. The SMILES string of the molecule is c1ccc(-c2c3ccc(-c4ccc(-c5ccc6c(c5)nc(-c5ccccc5)n6-c5ccccc5)nc4)cc3c(-c3ccccc3)c3ccc(-c4ccc(-c5ccc6c(c5)nc(-c5ccccc5)n6-c5ccccc5)nc4)cc23)cc1. The van der Waals surface area contributed by atoms with Gasteiger partial charge in [0.15, 0.2) is 0 Å². The van der Waals surface area contributed by atoms with E-state index in [2.05, 4.69) is 264 Å². The average molecular weight is 1020 g/mol. The molecule has 0 bridgehead atoms. The highest BCUT2D eigenvalue weighted by Crippen LogP contribution is 2.46. The van der Waals surface area contributed by atoms with Crippen molar-refractivity contribution >= 4 is 43.6 Å². The number of aromatic nitrogens is 6. The molecule has 0 fully saturated rings. The lowest BCUT2D eigenvalue weighted by atomic mass is 9.84. The Kier molecular flexibility index (Phi) is 11.4. The summed E-state index contributed by atoms with van der Waals surface area (Å²) in [6.45, 7) is 0. The molecule has 6 heteroatoms. The number of imidazole rings is 2. The number of hydrogen-bond donors (Lipinski definition) is 0. The minimum Gasteiger partial charge on any atom is -0.292 e. The molecule has 374 valence electrons. The van der Waals surface area contributed by atoms with Crippen LogP contribution < -0.4 is 0 Å². The Labute approximate surface area is 462 Å². The second-order valence-electron chi connectivity index (χ2n) is 20.2. The van der Waals surface area contributed by atoms with E-state index in [9.17, 15) is 0 Å². The number of para-hydroxylation sites is 2. The standard InChI is InChI=1S/C74H48N6/c1-7-19-49(20-8-1)71-61-37-31-54(58-34-40-66(76-48-58)56-36-42-70-68(46-56)78-74(52-25-13-4-14-26-52)80(70)60-29-17-6-18-30-60)44-64(61)72(50-21-9-2-10-22-50)62-38-32-53(43-63(62)71)57-33-39-65(75-47-57)55-35-41-69-67(45-55)77-73(51-23-11-3-12-24-51)79(69)59-27-15-5-16-28-59/h1-48H. The van der Waals surface area contributed by atoms with Crippen LogP contribution in [0.1, 0.15) is 0 Å². The third-order valence-corrected chi connectivity index (χ3v) is 15.4. The normalized spacial score (nSPS) is 11.5. The molecule has 0 radical (unpaired) electrons. The van der Waals surface area contributed by atoms with Crippen LogP contribution in [0.15, 0.2) is 291 Å². The highest BCUT2D eigenvalue weighted by molar-refractivity contribution is 6.22. The van der Waals surface area contributed by atoms with Gasteiger partial charge < -0.3 is 0 Å². The first-order valence-corrected chi connectivity index (χ1v) is 27.0. The first kappa shape index (κ1) is 46.5. The van der Waals surface area contributed by atoms with E-state index in [0.717, 1.165) is 112 Å². The van der Waals surface area contributed by atoms with Crippen molar-refractivity contribution in [3.8, 4) is 101 Å². The van der Waals surface area contributed by atoms with Gasteiger partial charge in [0.05, 0.1) is 33.5 Å². The van der Waals surface area contributed by atoms with E-state index >= 15 is 0 Å². The van der Waals surface area contributed by atoms with Gasteiger partial charge in [0.1, 0.15) is 11.6 Å². The lowest BCUT2D eigenvalue weighted by Gasteiger charge is -2.19. The van der Waals surface area contributed by atoms with E-state index in [4.69, 9.17) is 19.9 Å². The van der Waals surface area contributed by atoms with Gasteiger partial charge in [0.25, 0.3) is 0 Å². The summed E-state index contributed by atoms with van der Waals surface area (Å²) < 4.78 is 4.48. The van der Waals surface area contributed by atoms with Gasteiger partial charge in [-0.3, -0.25) is 19.1 Å². The van der Waals surface area contributed by atoms with Crippen molar-refractivity contribution in [3.05, 3.63) is 291 Å². The Hall–Kier alpha value is -10.8. The van der Waals surface area contributed by atoms with Crippen LogP contribution in [0.3, 0.4) is 0 Å². The second kappa shape index (κ2) is 19.6. The molecule has 0 aliphatic carbocycles. The van der Waals surface area contributed by atoms with Crippen LogP contribution in [0.4, 0.5) is 0 Å². The zero-order valence-electron chi connectivity index (χ0n) is 43.4. The van der Waals surface area contributed by atoms with Gasteiger partial charge in [-0.1, -0.05) is 206 Å². The monoisotopic (exact) mass is 1020 g/mol. The quantitative estimate of drug-likeness (QED) is 0.128. The van der Waals surface area contributed by atoms with E-state index in [1.165, 1.54) is 32.7 Å². The molecule has 80 heavy (non-hydrogen) atoms. The molecule has 6 nitrogen and oxygen atoms in total. The molecular formula is C74H48N6. The second-order valence-corrected chi connectivity index (χ2v) is 20.2. The van der Waals surface area contributed by atoms with Crippen molar-refractivity contribution in [1.82, 2.24) is 29.1 Å². The third kappa shape index (κ3) is 8.22. The lowest BCUT2D eigenvalue weighted by molar-refractivity contribution is 1.10. The Balaban J connectivity index is 0.803. The fraction of sp³-hybridized carbons (Fsp3) is 0. The number of hydrogen-bond acceptors (Lipinski definition) is 4. The van der Waals surface area contributed by atoms with Gasteiger partial charge in [0.2, 0.25) is 0 Å². The van der Waals surface area contributed by atoms with Crippen LogP contribution >= 0.6 is 0 Å². The largest absolute Gasteiger partial charge is 0.292 e. The molecule has 4 aromatic heterocycles. The average Bonchev–Trinajstić information content (AvgIpc) is 4.16. The fourth-order valence-electron chi connectivity index (χ4n) is 11.6. The Morgan fingerprint density at radius 2 is 0.575 bits per heavy atom. The van der Waals surface area contributed by atoms with E-state index in [-0.39, 0.29) is 0 Å². The Bertz CT molecular complexity index is 4440. The molecule has 15 aromatic rings. The van der Waals surface area contributed by atoms with Crippen LogP contribution in [-0.2, 0) is 0 Å². The molecule has 0 atom stereocenters.